The summed E-state index contributed by atoms with van der Waals surface area (Å²) in [6, 6.07) is 2.25. The standard InChI is InChI=1S/C11H18N4/c1-4-14-7-6-13-11(14)15(5-2)9-10(3)8-12/h6-7,10H,4-5,9H2,1-3H3. The highest BCUT2D eigenvalue weighted by Crippen LogP contribution is 2.12. The zero-order valence-corrected chi connectivity index (χ0v) is 9.64. The summed E-state index contributed by atoms with van der Waals surface area (Å²) in [4.78, 5) is 6.46. The van der Waals surface area contributed by atoms with Crippen LogP contribution in [0, 0.1) is 17.2 Å². The van der Waals surface area contributed by atoms with Gasteiger partial charge in [0.15, 0.2) is 0 Å². The summed E-state index contributed by atoms with van der Waals surface area (Å²) in [7, 11) is 0. The van der Waals surface area contributed by atoms with Crippen molar-refractivity contribution >= 4 is 5.95 Å². The smallest absolute Gasteiger partial charge is 0.205 e. The van der Waals surface area contributed by atoms with Gasteiger partial charge in [0.2, 0.25) is 5.95 Å². The number of imidazole rings is 1. The summed E-state index contributed by atoms with van der Waals surface area (Å²) in [6.07, 6.45) is 3.77. The summed E-state index contributed by atoms with van der Waals surface area (Å²) in [6.45, 7) is 8.63. The van der Waals surface area contributed by atoms with E-state index >= 15 is 0 Å². The molecular formula is C11H18N4. The first-order valence-electron chi connectivity index (χ1n) is 5.38. The highest BCUT2D eigenvalue weighted by molar-refractivity contribution is 5.31. The van der Waals surface area contributed by atoms with E-state index < -0.39 is 0 Å². The number of aromatic nitrogens is 2. The molecule has 1 aromatic heterocycles. The molecule has 4 heteroatoms. The lowest BCUT2D eigenvalue weighted by molar-refractivity contribution is 0.642. The van der Waals surface area contributed by atoms with E-state index in [1.807, 2.05) is 13.1 Å². The Morgan fingerprint density at radius 3 is 2.87 bits per heavy atom. The second-order valence-corrected chi connectivity index (χ2v) is 3.58. The minimum absolute atomic E-state index is 0.0342. The monoisotopic (exact) mass is 206 g/mol. The molecule has 0 radical (unpaired) electrons. The van der Waals surface area contributed by atoms with Gasteiger partial charge in [0, 0.05) is 32.0 Å². The third kappa shape index (κ3) is 2.72. The first-order valence-corrected chi connectivity index (χ1v) is 5.38. The molecule has 0 N–H and O–H groups in total. The predicted octanol–water partition coefficient (Wildman–Crippen LogP) is 1.89. The summed E-state index contributed by atoms with van der Waals surface area (Å²) in [5.74, 6) is 0.994. The van der Waals surface area contributed by atoms with Crippen molar-refractivity contribution in [2.45, 2.75) is 27.3 Å². The molecule has 0 saturated heterocycles. The second kappa shape index (κ2) is 5.40. The van der Waals surface area contributed by atoms with Crippen molar-refractivity contribution in [2.24, 2.45) is 5.92 Å². The molecule has 82 valence electrons. The number of rotatable bonds is 5. The lowest BCUT2D eigenvalue weighted by atomic mass is 10.2. The maximum absolute atomic E-state index is 8.80. The molecule has 1 atom stereocenters. The molecule has 0 aliphatic heterocycles. The Morgan fingerprint density at radius 2 is 2.33 bits per heavy atom. The van der Waals surface area contributed by atoms with Crippen LogP contribution in [0.5, 0.6) is 0 Å². The van der Waals surface area contributed by atoms with Crippen molar-refractivity contribution in [1.29, 1.82) is 5.26 Å². The van der Waals surface area contributed by atoms with E-state index in [1.54, 1.807) is 6.20 Å². The van der Waals surface area contributed by atoms with Crippen LogP contribution in [0.4, 0.5) is 5.95 Å². The lowest BCUT2D eigenvalue weighted by Crippen LogP contribution is -2.30. The number of hydrogen-bond acceptors (Lipinski definition) is 3. The molecular weight excluding hydrogens is 188 g/mol. The van der Waals surface area contributed by atoms with E-state index in [0.717, 1.165) is 25.6 Å². The van der Waals surface area contributed by atoms with Crippen LogP contribution in [-0.2, 0) is 6.54 Å². The van der Waals surface area contributed by atoms with Gasteiger partial charge in [-0.25, -0.2) is 4.98 Å². The average Bonchev–Trinajstić information content (AvgIpc) is 2.73. The molecule has 1 aromatic rings. The Morgan fingerprint density at radius 1 is 1.60 bits per heavy atom. The van der Waals surface area contributed by atoms with Gasteiger partial charge in [0.1, 0.15) is 0 Å². The number of aryl methyl sites for hydroxylation is 1. The van der Waals surface area contributed by atoms with Crippen molar-refractivity contribution in [2.75, 3.05) is 18.0 Å². The molecule has 1 unspecified atom stereocenters. The Hall–Kier alpha value is -1.50. The van der Waals surface area contributed by atoms with Crippen molar-refractivity contribution < 1.29 is 0 Å². The van der Waals surface area contributed by atoms with Crippen LogP contribution in [-0.4, -0.2) is 22.6 Å². The number of nitrogens with zero attached hydrogens (tertiary/aromatic N) is 4. The second-order valence-electron chi connectivity index (χ2n) is 3.58. The van der Waals surface area contributed by atoms with Crippen LogP contribution in [0.15, 0.2) is 12.4 Å². The first-order chi connectivity index (χ1) is 7.22. The molecule has 0 fully saturated rings. The topological polar surface area (TPSA) is 44.9 Å². The fourth-order valence-electron chi connectivity index (χ4n) is 1.56. The minimum atomic E-state index is 0.0342. The molecule has 0 amide bonds. The van der Waals surface area contributed by atoms with Gasteiger partial charge in [0.05, 0.1) is 12.0 Å². The van der Waals surface area contributed by atoms with E-state index in [0.29, 0.717) is 0 Å². The fourth-order valence-corrected chi connectivity index (χ4v) is 1.56. The summed E-state index contributed by atoms with van der Waals surface area (Å²) >= 11 is 0. The molecule has 0 bridgehead atoms. The fraction of sp³-hybridized carbons (Fsp3) is 0.636. The number of nitriles is 1. The van der Waals surface area contributed by atoms with Gasteiger partial charge in [-0.3, -0.25) is 0 Å². The zero-order valence-electron chi connectivity index (χ0n) is 9.64. The third-order valence-electron chi connectivity index (χ3n) is 2.41. The lowest BCUT2D eigenvalue weighted by Gasteiger charge is -2.23. The van der Waals surface area contributed by atoms with Gasteiger partial charge in [-0.05, 0) is 20.8 Å². The molecule has 0 aliphatic carbocycles. The average molecular weight is 206 g/mol. The largest absolute Gasteiger partial charge is 0.341 e. The summed E-state index contributed by atoms with van der Waals surface area (Å²) < 4.78 is 2.09. The van der Waals surface area contributed by atoms with E-state index in [9.17, 15) is 0 Å². The zero-order chi connectivity index (χ0) is 11.3. The maximum Gasteiger partial charge on any atom is 0.205 e. The number of anilines is 1. The van der Waals surface area contributed by atoms with Crippen LogP contribution in [0.1, 0.15) is 20.8 Å². The Bertz CT molecular complexity index is 337. The van der Waals surface area contributed by atoms with Crippen molar-refractivity contribution in [3.8, 4) is 6.07 Å². The maximum atomic E-state index is 8.80. The van der Waals surface area contributed by atoms with Gasteiger partial charge in [-0.15, -0.1) is 0 Å². The summed E-state index contributed by atoms with van der Waals surface area (Å²) in [5, 5.41) is 8.80. The molecule has 1 rings (SSSR count). The van der Waals surface area contributed by atoms with Crippen molar-refractivity contribution in [3.63, 3.8) is 0 Å². The predicted molar refractivity (Wildman–Crippen MR) is 60.6 cm³/mol. The molecule has 0 aliphatic rings. The third-order valence-corrected chi connectivity index (χ3v) is 2.41. The minimum Gasteiger partial charge on any atom is -0.341 e. The van der Waals surface area contributed by atoms with Crippen molar-refractivity contribution in [3.05, 3.63) is 12.4 Å². The van der Waals surface area contributed by atoms with Gasteiger partial charge in [-0.1, -0.05) is 0 Å². The van der Waals surface area contributed by atoms with E-state index in [2.05, 4.69) is 34.4 Å². The van der Waals surface area contributed by atoms with Gasteiger partial charge < -0.3 is 9.47 Å². The molecule has 0 spiro atoms. The van der Waals surface area contributed by atoms with Crippen LogP contribution in [0.25, 0.3) is 0 Å². The van der Waals surface area contributed by atoms with Crippen LogP contribution < -0.4 is 4.90 Å². The van der Waals surface area contributed by atoms with Crippen LogP contribution in [0.3, 0.4) is 0 Å². The molecule has 15 heavy (non-hydrogen) atoms. The van der Waals surface area contributed by atoms with E-state index in [4.69, 9.17) is 5.26 Å². The number of hydrogen-bond donors (Lipinski definition) is 0. The highest BCUT2D eigenvalue weighted by atomic mass is 15.3. The van der Waals surface area contributed by atoms with E-state index in [1.165, 1.54) is 0 Å². The Kier molecular flexibility index (Phi) is 4.17. The van der Waals surface area contributed by atoms with Gasteiger partial charge in [0.25, 0.3) is 0 Å². The van der Waals surface area contributed by atoms with Gasteiger partial charge in [-0.2, -0.15) is 5.26 Å². The van der Waals surface area contributed by atoms with E-state index in [-0.39, 0.29) is 5.92 Å². The Balaban J connectivity index is 2.79. The quantitative estimate of drug-likeness (QED) is 0.739. The molecule has 0 aromatic carbocycles. The van der Waals surface area contributed by atoms with Crippen LogP contribution >= 0.6 is 0 Å². The SMILES string of the molecule is CCN(CC(C)C#N)c1nccn1CC. The van der Waals surface area contributed by atoms with Crippen LogP contribution in [0.2, 0.25) is 0 Å². The normalized spacial score (nSPS) is 12.1. The van der Waals surface area contributed by atoms with Crippen molar-refractivity contribution in [1.82, 2.24) is 9.55 Å². The highest BCUT2D eigenvalue weighted by Gasteiger charge is 2.12. The molecule has 4 nitrogen and oxygen atoms in total. The van der Waals surface area contributed by atoms with Gasteiger partial charge >= 0.3 is 0 Å². The molecule has 0 saturated carbocycles. The molecule has 1 heterocycles. The summed E-state index contributed by atoms with van der Waals surface area (Å²) in [5.41, 5.74) is 0. The Labute approximate surface area is 91.1 Å². The first kappa shape index (κ1) is 11.6.